The van der Waals surface area contributed by atoms with Gasteiger partial charge in [-0.05, 0) is 18.3 Å². The van der Waals surface area contributed by atoms with Crippen LogP contribution in [0.5, 0.6) is 0 Å². The number of hydrogen-bond donors (Lipinski definition) is 1. The SMILES string of the molecule is CCCCC(C)(CC)CCOC=N. The second-order valence-corrected chi connectivity index (χ2v) is 4.01. The van der Waals surface area contributed by atoms with Gasteiger partial charge in [0.2, 0.25) is 0 Å². The van der Waals surface area contributed by atoms with Crippen molar-refractivity contribution in [3.05, 3.63) is 0 Å². The summed E-state index contributed by atoms with van der Waals surface area (Å²) in [7, 11) is 0. The molecule has 0 aliphatic carbocycles. The maximum Gasteiger partial charge on any atom is 0.166 e. The second-order valence-electron chi connectivity index (χ2n) is 4.01. The maximum atomic E-state index is 6.76. The van der Waals surface area contributed by atoms with E-state index in [9.17, 15) is 0 Å². The fourth-order valence-electron chi connectivity index (χ4n) is 1.45. The molecule has 0 bridgehead atoms. The third kappa shape index (κ3) is 5.67. The predicted molar refractivity (Wildman–Crippen MR) is 57.3 cm³/mol. The second kappa shape index (κ2) is 6.93. The van der Waals surface area contributed by atoms with Gasteiger partial charge in [-0.3, -0.25) is 5.41 Å². The third-order valence-corrected chi connectivity index (χ3v) is 2.89. The van der Waals surface area contributed by atoms with Gasteiger partial charge >= 0.3 is 0 Å². The molecule has 0 saturated heterocycles. The van der Waals surface area contributed by atoms with Gasteiger partial charge in [-0.1, -0.05) is 40.0 Å². The summed E-state index contributed by atoms with van der Waals surface area (Å²) < 4.78 is 4.95. The molecule has 0 spiro atoms. The first-order valence-electron chi connectivity index (χ1n) is 5.29. The highest BCUT2D eigenvalue weighted by molar-refractivity contribution is 5.40. The summed E-state index contributed by atoms with van der Waals surface area (Å²) in [5.74, 6) is 0. The van der Waals surface area contributed by atoms with Gasteiger partial charge in [-0.25, -0.2) is 0 Å². The summed E-state index contributed by atoms with van der Waals surface area (Å²) in [4.78, 5) is 0. The van der Waals surface area contributed by atoms with Crippen LogP contribution in [0, 0.1) is 10.8 Å². The van der Waals surface area contributed by atoms with Crippen molar-refractivity contribution in [3.8, 4) is 0 Å². The highest BCUT2D eigenvalue weighted by Gasteiger charge is 2.20. The fourth-order valence-corrected chi connectivity index (χ4v) is 1.45. The van der Waals surface area contributed by atoms with Crippen LogP contribution < -0.4 is 0 Å². The Labute approximate surface area is 82.2 Å². The van der Waals surface area contributed by atoms with Crippen molar-refractivity contribution in [1.82, 2.24) is 0 Å². The van der Waals surface area contributed by atoms with Gasteiger partial charge < -0.3 is 4.74 Å². The van der Waals surface area contributed by atoms with Crippen LogP contribution in [0.15, 0.2) is 0 Å². The minimum absolute atomic E-state index is 0.416. The van der Waals surface area contributed by atoms with Gasteiger partial charge in [0.15, 0.2) is 6.40 Å². The van der Waals surface area contributed by atoms with Gasteiger partial charge in [-0.15, -0.1) is 0 Å². The summed E-state index contributed by atoms with van der Waals surface area (Å²) in [5.41, 5.74) is 0.416. The normalized spacial score (nSPS) is 15.0. The third-order valence-electron chi connectivity index (χ3n) is 2.89. The molecule has 0 aromatic heterocycles. The van der Waals surface area contributed by atoms with Crippen molar-refractivity contribution < 1.29 is 4.74 Å². The highest BCUT2D eigenvalue weighted by atomic mass is 16.5. The van der Waals surface area contributed by atoms with Crippen LogP contribution in [-0.2, 0) is 4.74 Å². The van der Waals surface area contributed by atoms with Crippen LogP contribution in [-0.4, -0.2) is 13.0 Å². The Bertz CT molecular complexity index is 136. The van der Waals surface area contributed by atoms with E-state index in [-0.39, 0.29) is 0 Å². The molecule has 0 fully saturated rings. The van der Waals surface area contributed by atoms with E-state index in [0.29, 0.717) is 12.0 Å². The standard InChI is InChI=1S/C11H23NO/c1-4-6-7-11(3,5-2)8-9-13-10-12/h10,12H,4-9H2,1-3H3. The maximum absolute atomic E-state index is 6.76. The number of hydrogen-bond acceptors (Lipinski definition) is 2. The van der Waals surface area contributed by atoms with E-state index in [0.717, 1.165) is 12.8 Å². The van der Waals surface area contributed by atoms with Crippen LogP contribution in [0.25, 0.3) is 0 Å². The molecule has 0 aromatic carbocycles. The number of rotatable bonds is 8. The van der Waals surface area contributed by atoms with Crippen molar-refractivity contribution in [2.45, 2.75) is 52.9 Å². The first-order valence-corrected chi connectivity index (χ1v) is 5.29. The topological polar surface area (TPSA) is 33.1 Å². The van der Waals surface area contributed by atoms with Crippen LogP contribution in [0.3, 0.4) is 0 Å². The Kier molecular flexibility index (Phi) is 6.65. The molecule has 1 unspecified atom stereocenters. The lowest BCUT2D eigenvalue weighted by Crippen LogP contribution is -2.17. The minimum Gasteiger partial charge on any atom is -0.484 e. The van der Waals surface area contributed by atoms with Gasteiger partial charge in [0.05, 0.1) is 6.61 Å². The molecule has 0 rings (SSSR count). The van der Waals surface area contributed by atoms with Crippen LogP contribution in [0.1, 0.15) is 52.9 Å². The molecule has 1 atom stereocenters. The summed E-state index contributed by atoms with van der Waals surface area (Å²) in [6, 6.07) is 0. The molecule has 0 saturated carbocycles. The molecule has 0 radical (unpaired) electrons. The first kappa shape index (κ1) is 12.5. The Morgan fingerprint density at radius 2 is 2.00 bits per heavy atom. The van der Waals surface area contributed by atoms with Crippen LogP contribution in [0.2, 0.25) is 0 Å². The first-order chi connectivity index (χ1) is 6.18. The lowest BCUT2D eigenvalue weighted by molar-refractivity contribution is 0.188. The molecule has 0 amide bonds. The molecule has 2 nitrogen and oxygen atoms in total. The number of nitrogens with one attached hydrogen (secondary N) is 1. The lowest BCUT2D eigenvalue weighted by atomic mass is 9.80. The summed E-state index contributed by atoms with van der Waals surface area (Å²) in [6.07, 6.45) is 7.15. The van der Waals surface area contributed by atoms with Crippen LogP contribution >= 0.6 is 0 Å². The van der Waals surface area contributed by atoms with E-state index in [4.69, 9.17) is 10.1 Å². The summed E-state index contributed by atoms with van der Waals surface area (Å²) in [5, 5.41) is 6.76. The largest absolute Gasteiger partial charge is 0.484 e. The Morgan fingerprint density at radius 3 is 2.46 bits per heavy atom. The van der Waals surface area contributed by atoms with Gasteiger partial charge in [0.25, 0.3) is 0 Å². The zero-order valence-electron chi connectivity index (χ0n) is 9.23. The van der Waals surface area contributed by atoms with E-state index in [1.165, 1.54) is 25.7 Å². The summed E-state index contributed by atoms with van der Waals surface area (Å²) >= 11 is 0. The zero-order chi connectivity index (χ0) is 10.2. The summed E-state index contributed by atoms with van der Waals surface area (Å²) in [6.45, 7) is 7.47. The molecule has 0 aliphatic heterocycles. The number of unbranched alkanes of at least 4 members (excludes halogenated alkanes) is 1. The highest BCUT2D eigenvalue weighted by Crippen LogP contribution is 2.31. The van der Waals surface area contributed by atoms with Gasteiger partial charge in [0, 0.05) is 0 Å². The monoisotopic (exact) mass is 185 g/mol. The van der Waals surface area contributed by atoms with Crippen molar-refractivity contribution in [2.24, 2.45) is 5.41 Å². The Balaban J connectivity index is 3.73. The van der Waals surface area contributed by atoms with Crippen molar-refractivity contribution >= 4 is 6.40 Å². The smallest absolute Gasteiger partial charge is 0.166 e. The molecular weight excluding hydrogens is 162 g/mol. The average molecular weight is 185 g/mol. The molecule has 2 heteroatoms. The van der Waals surface area contributed by atoms with Gasteiger partial charge in [-0.2, -0.15) is 0 Å². The van der Waals surface area contributed by atoms with E-state index in [1.54, 1.807) is 0 Å². The Hall–Kier alpha value is -0.530. The molecule has 0 aliphatic rings. The molecule has 1 N–H and O–H groups in total. The molecule has 78 valence electrons. The molecule has 0 heterocycles. The van der Waals surface area contributed by atoms with Crippen LogP contribution in [0.4, 0.5) is 0 Å². The van der Waals surface area contributed by atoms with Crippen molar-refractivity contribution in [1.29, 1.82) is 5.41 Å². The quantitative estimate of drug-likeness (QED) is 0.350. The fraction of sp³-hybridized carbons (Fsp3) is 0.909. The van der Waals surface area contributed by atoms with Gasteiger partial charge in [0.1, 0.15) is 0 Å². The molecule has 0 aromatic rings. The molecule has 13 heavy (non-hydrogen) atoms. The minimum atomic E-state index is 0.416. The predicted octanol–water partition coefficient (Wildman–Crippen LogP) is 3.61. The molecular formula is C11H23NO. The van der Waals surface area contributed by atoms with E-state index >= 15 is 0 Å². The van der Waals surface area contributed by atoms with E-state index in [1.807, 2.05) is 0 Å². The van der Waals surface area contributed by atoms with E-state index in [2.05, 4.69) is 20.8 Å². The lowest BCUT2D eigenvalue weighted by Gasteiger charge is -2.27. The van der Waals surface area contributed by atoms with E-state index < -0.39 is 0 Å². The number of ether oxygens (including phenoxy) is 1. The van der Waals surface area contributed by atoms with Crippen molar-refractivity contribution in [2.75, 3.05) is 6.61 Å². The average Bonchev–Trinajstić information content (AvgIpc) is 2.15. The Morgan fingerprint density at radius 1 is 1.31 bits per heavy atom. The zero-order valence-corrected chi connectivity index (χ0v) is 9.23. The van der Waals surface area contributed by atoms with Crippen molar-refractivity contribution in [3.63, 3.8) is 0 Å².